The van der Waals surface area contributed by atoms with E-state index in [9.17, 15) is 18.0 Å². The van der Waals surface area contributed by atoms with Gasteiger partial charge in [0.1, 0.15) is 6.54 Å². The van der Waals surface area contributed by atoms with Crippen LogP contribution in [0.2, 0.25) is 0 Å². The van der Waals surface area contributed by atoms with Crippen molar-refractivity contribution in [3.8, 4) is 0 Å². The number of carbonyl (C=O) groups is 1. The van der Waals surface area contributed by atoms with Crippen LogP contribution < -0.4 is 11.1 Å². The predicted molar refractivity (Wildman–Crippen MR) is 48.1 cm³/mol. The average Bonchev–Trinajstić information content (AvgIpc) is 2.47. The molecule has 1 aliphatic rings. The fraction of sp³-hybridized carbons (Fsp3) is 0.875. The van der Waals surface area contributed by atoms with Crippen LogP contribution in [-0.2, 0) is 4.79 Å². The molecular formula is C8H14F3N3O. The minimum atomic E-state index is -4.35. The molecule has 1 amide bonds. The maximum Gasteiger partial charge on any atom is 0.405 e. The first kappa shape index (κ1) is 12.3. The number of nitrogens with one attached hydrogen (secondary N) is 1. The van der Waals surface area contributed by atoms with Gasteiger partial charge in [-0.25, -0.2) is 0 Å². The molecule has 0 aromatic heterocycles. The molecule has 0 radical (unpaired) electrons. The van der Waals surface area contributed by atoms with Gasteiger partial charge >= 0.3 is 6.18 Å². The van der Waals surface area contributed by atoms with Gasteiger partial charge in [-0.05, 0) is 6.42 Å². The molecule has 1 atom stereocenters. The van der Waals surface area contributed by atoms with Crippen molar-refractivity contribution in [1.29, 1.82) is 0 Å². The Morgan fingerprint density at radius 3 is 2.67 bits per heavy atom. The third-order valence-corrected chi connectivity index (χ3v) is 2.16. The Hall–Kier alpha value is -0.820. The second kappa shape index (κ2) is 4.80. The van der Waals surface area contributed by atoms with Gasteiger partial charge in [-0.3, -0.25) is 9.69 Å². The lowest BCUT2D eigenvalue weighted by molar-refractivity contribution is -0.138. The first-order valence-electron chi connectivity index (χ1n) is 4.68. The van der Waals surface area contributed by atoms with Crippen LogP contribution in [0.3, 0.4) is 0 Å². The molecule has 0 bridgehead atoms. The van der Waals surface area contributed by atoms with E-state index in [0.29, 0.717) is 13.1 Å². The number of likely N-dealkylation sites (tertiary alicyclic amines) is 1. The summed E-state index contributed by atoms with van der Waals surface area (Å²) >= 11 is 0. The van der Waals surface area contributed by atoms with Gasteiger partial charge < -0.3 is 11.1 Å². The Labute approximate surface area is 85.6 Å². The molecule has 0 saturated carbocycles. The largest absolute Gasteiger partial charge is 0.405 e. The number of carbonyl (C=O) groups excluding carboxylic acids is 1. The lowest BCUT2D eigenvalue weighted by atomic mass is 10.3. The van der Waals surface area contributed by atoms with E-state index in [1.807, 2.05) is 5.32 Å². The monoisotopic (exact) mass is 225 g/mol. The number of nitrogens with two attached hydrogens (primary N) is 1. The third kappa shape index (κ3) is 4.98. The average molecular weight is 225 g/mol. The highest BCUT2D eigenvalue weighted by molar-refractivity contribution is 5.78. The van der Waals surface area contributed by atoms with Gasteiger partial charge in [0.2, 0.25) is 5.91 Å². The maximum absolute atomic E-state index is 11.7. The first-order valence-corrected chi connectivity index (χ1v) is 4.68. The summed E-state index contributed by atoms with van der Waals surface area (Å²) in [6.45, 7) is -0.0461. The Bertz CT molecular complexity index is 232. The predicted octanol–water partition coefficient (Wildman–Crippen LogP) is -0.302. The van der Waals surface area contributed by atoms with Crippen LogP contribution >= 0.6 is 0 Å². The van der Waals surface area contributed by atoms with Crippen LogP contribution in [0.15, 0.2) is 0 Å². The van der Waals surface area contributed by atoms with Gasteiger partial charge in [-0.2, -0.15) is 13.2 Å². The fourth-order valence-electron chi connectivity index (χ4n) is 1.46. The Balaban J connectivity index is 2.19. The first-order chi connectivity index (χ1) is 6.87. The molecule has 1 fully saturated rings. The van der Waals surface area contributed by atoms with Gasteiger partial charge in [0.15, 0.2) is 0 Å². The van der Waals surface area contributed by atoms with Gasteiger partial charge in [0, 0.05) is 19.1 Å². The number of hydrogen-bond acceptors (Lipinski definition) is 3. The zero-order valence-electron chi connectivity index (χ0n) is 8.18. The van der Waals surface area contributed by atoms with Crippen molar-refractivity contribution in [2.75, 3.05) is 26.2 Å². The normalized spacial score (nSPS) is 23.1. The zero-order chi connectivity index (χ0) is 11.5. The highest BCUT2D eigenvalue weighted by Crippen LogP contribution is 2.12. The van der Waals surface area contributed by atoms with Gasteiger partial charge in [0.25, 0.3) is 0 Å². The summed E-state index contributed by atoms with van der Waals surface area (Å²) in [5.74, 6) is -0.610. The number of halogens is 3. The number of alkyl halides is 3. The summed E-state index contributed by atoms with van der Waals surface area (Å²) in [4.78, 5) is 12.8. The summed E-state index contributed by atoms with van der Waals surface area (Å²) in [6, 6.07) is 0.0282. The molecule has 1 saturated heterocycles. The SMILES string of the molecule is NC1CCN(CC(=O)NCC(F)(F)F)C1. The van der Waals surface area contributed by atoms with Crippen molar-refractivity contribution >= 4 is 5.91 Å². The summed E-state index contributed by atoms with van der Waals surface area (Å²) in [5.41, 5.74) is 5.59. The molecule has 15 heavy (non-hydrogen) atoms. The molecule has 3 N–H and O–H groups in total. The summed E-state index contributed by atoms with van der Waals surface area (Å²) in [7, 11) is 0. The molecule has 0 aromatic rings. The quantitative estimate of drug-likeness (QED) is 0.693. The molecule has 4 nitrogen and oxygen atoms in total. The van der Waals surface area contributed by atoms with E-state index in [1.165, 1.54) is 0 Å². The Kier molecular flexibility index (Phi) is 3.92. The van der Waals surface area contributed by atoms with Gasteiger partial charge in [0.05, 0.1) is 6.54 Å². The van der Waals surface area contributed by atoms with Crippen LogP contribution in [-0.4, -0.2) is 49.2 Å². The van der Waals surface area contributed by atoms with Crippen LogP contribution in [0.5, 0.6) is 0 Å². The summed E-state index contributed by atoms with van der Waals surface area (Å²) < 4.78 is 35.2. The molecule has 0 aromatic carbocycles. The minimum absolute atomic E-state index is 0.0101. The molecule has 0 aliphatic carbocycles. The van der Waals surface area contributed by atoms with E-state index in [2.05, 4.69) is 0 Å². The molecule has 1 heterocycles. The van der Waals surface area contributed by atoms with E-state index in [1.54, 1.807) is 4.90 Å². The van der Waals surface area contributed by atoms with Crippen LogP contribution in [0.25, 0.3) is 0 Å². The number of hydrogen-bond donors (Lipinski definition) is 2. The number of nitrogens with zero attached hydrogens (tertiary/aromatic N) is 1. The van der Waals surface area contributed by atoms with Crippen molar-refractivity contribution < 1.29 is 18.0 Å². The highest BCUT2D eigenvalue weighted by Gasteiger charge is 2.28. The van der Waals surface area contributed by atoms with Crippen molar-refractivity contribution in [2.24, 2.45) is 5.73 Å². The second-order valence-electron chi connectivity index (χ2n) is 3.68. The topological polar surface area (TPSA) is 58.4 Å². The van der Waals surface area contributed by atoms with E-state index < -0.39 is 18.6 Å². The summed E-state index contributed by atoms with van der Waals surface area (Å²) in [6.07, 6.45) is -3.57. The van der Waals surface area contributed by atoms with E-state index in [0.717, 1.165) is 6.42 Å². The number of amides is 1. The second-order valence-corrected chi connectivity index (χ2v) is 3.68. The van der Waals surface area contributed by atoms with Crippen molar-refractivity contribution in [3.05, 3.63) is 0 Å². The third-order valence-electron chi connectivity index (χ3n) is 2.16. The van der Waals surface area contributed by atoms with Gasteiger partial charge in [-0.15, -0.1) is 0 Å². The highest BCUT2D eigenvalue weighted by atomic mass is 19.4. The molecule has 88 valence electrons. The maximum atomic E-state index is 11.7. The fourth-order valence-corrected chi connectivity index (χ4v) is 1.46. The molecule has 0 spiro atoms. The van der Waals surface area contributed by atoms with E-state index >= 15 is 0 Å². The molecule has 1 unspecified atom stereocenters. The van der Waals surface area contributed by atoms with Gasteiger partial charge in [-0.1, -0.05) is 0 Å². The number of rotatable bonds is 3. The zero-order valence-corrected chi connectivity index (χ0v) is 8.18. The lowest BCUT2D eigenvalue weighted by Gasteiger charge is -2.15. The molecular weight excluding hydrogens is 211 g/mol. The van der Waals surface area contributed by atoms with E-state index in [4.69, 9.17) is 5.73 Å². The Morgan fingerprint density at radius 2 is 2.20 bits per heavy atom. The van der Waals surface area contributed by atoms with Crippen molar-refractivity contribution in [2.45, 2.75) is 18.6 Å². The molecule has 1 rings (SSSR count). The standard InChI is InChI=1S/C8H14F3N3O/c9-8(10,11)5-13-7(15)4-14-2-1-6(12)3-14/h6H,1-5,12H2,(H,13,15). The molecule has 1 aliphatic heterocycles. The van der Waals surface area contributed by atoms with Crippen molar-refractivity contribution in [1.82, 2.24) is 10.2 Å². The van der Waals surface area contributed by atoms with Crippen LogP contribution in [0, 0.1) is 0 Å². The smallest absolute Gasteiger partial charge is 0.346 e. The van der Waals surface area contributed by atoms with Crippen molar-refractivity contribution in [3.63, 3.8) is 0 Å². The van der Waals surface area contributed by atoms with Crippen LogP contribution in [0.4, 0.5) is 13.2 Å². The van der Waals surface area contributed by atoms with E-state index in [-0.39, 0.29) is 12.6 Å². The summed E-state index contributed by atoms with van der Waals surface area (Å²) in [5, 5.41) is 1.82. The lowest BCUT2D eigenvalue weighted by Crippen LogP contribution is -2.41. The van der Waals surface area contributed by atoms with Crippen LogP contribution in [0.1, 0.15) is 6.42 Å². The molecule has 7 heteroatoms. The minimum Gasteiger partial charge on any atom is -0.346 e. The Morgan fingerprint density at radius 1 is 1.53 bits per heavy atom.